The third kappa shape index (κ3) is 2.63. The topological polar surface area (TPSA) is 21.3 Å². The number of hydrogen-bond acceptors (Lipinski definition) is 2. The largest absolute Gasteiger partial charge is 0.360 e. The van der Waals surface area contributed by atoms with Crippen LogP contribution in [0.2, 0.25) is 0 Å². The summed E-state index contributed by atoms with van der Waals surface area (Å²) >= 11 is 0. The van der Waals surface area contributed by atoms with Crippen LogP contribution in [0.15, 0.2) is 0 Å². The van der Waals surface area contributed by atoms with Gasteiger partial charge in [0.1, 0.15) is 5.72 Å². The van der Waals surface area contributed by atoms with Crippen molar-refractivity contribution in [3.8, 4) is 0 Å². The average molecular weight is 247 g/mol. The highest BCUT2D eigenvalue weighted by molar-refractivity contribution is 4.95. The molecule has 1 spiro atoms. The number of nitrogens with one attached hydrogen (secondary N) is 1. The quantitative estimate of drug-likeness (QED) is 0.808. The zero-order valence-corrected chi connectivity index (χ0v) is 10.8. The van der Waals surface area contributed by atoms with Crippen LogP contribution in [-0.4, -0.2) is 24.8 Å². The van der Waals surface area contributed by atoms with Crippen molar-refractivity contribution < 1.29 is 13.5 Å². The van der Waals surface area contributed by atoms with Crippen LogP contribution >= 0.6 is 0 Å². The molecule has 0 unspecified atom stereocenters. The minimum Gasteiger partial charge on any atom is -0.360 e. The minimum absolute atomic E-state index is 0.0503. The van der Waals surface area contributed by atoms with E-state index < -0.39 is 11.6 Å². The molecule has 1 saturated carbocycles. The molecule has 0 aromatic carbocycles. The Morgan fingerprint density at radius 1 is 1.06 bits per heavy atom. The summed E-state index contributed by atoms with van der Waals surface area (Å²) in [7, 11) is 0. The lowest BCUT2D eigenvalue weighted by Crippen LogP contribution is -2.60. The Bertz CT molecular complexity index is 255. The molecule has 100 valence electrons. The summed E-state index contributed by atoms with van der Waals surface area (Å²) in [6, 6.07) is 0. The molecule has 1 aliphatic heterocycles. The Hall–Kier alpha value is -0.220. The van der Waals surface area contributed by atoms with Gasteiger partial charge in [-0.1, -0.05) is 13.8 Å². The summed E-state index contributed by atoms with van der Waals surface area (Å²) in [4.78, 5) is 0. The second kappa shape index (κ2) is 4.47. The fourth-order valence-corrected chi connectivity index (χ4v) is 2.79. The lowest BCUT2D eigenvalue weighted by molar-refractivity contribution is -0.191. The summed E-state index contributed by atoms with van der Waals surface area (Å²) in [6.45, 7) is 5.94. The SMILES string of the molecule is CCC1(CC)CNC2(CCC(F)(F)CC2)OC1. The van der Waals surface area contributed by atoms with Crippen LogP contribution in [0, 0.1) is 5.41 Å². The molecule has 2 rings (SSSR count). The van der Waals surface area contributed by atoms with Gasteiger partial charge in [-0.3, -0.25) is 5.32 Å². The van der Waals surface area contributed by atoms with Gasteiger partial charge in [-0.25, -0.2) is 8.78 Å². The van der Waals surface area contributed by atoms with E-state index in [0.29, 0.717) is 19.4 Å². The highest BCUT2D eigenvalue weighted by Gasteiger charge is 2.48. The third-order valence-corrected chi connectivity index (χ3v) is 4.73. The minimum atomic E-state index is -2.49. The first-order valence-corrected chi connectivity index (χ1v) is 6.72. The van der Waals surface area contributed by atoms with Crippen molar-refractivity contribution in [1.82, 2.24) is 5.32 Å². The molecule has 1 heterocycles. The molecule has 0 amide bonds. The predicted molar refractivity (Wildman–Crippen MR) is 63.1 cm³/mol. The standard InChI is InChI=1S/C13H23F2NO/c1-3-11(4-2)9-16-13(17-10-11)7-5-12(14,15)6-8-13/h16H,3-10H2,1-2H3. The monoisotopic (exact) mass is 247 g/mol. The molecule has 0 aromatic heterocycles. The molecule has 0 bridgehead atoms. The van der Waals surface area contributed by atoms with Crippen LogP contribution in [0.3, 0.4) is 0 Å². The van der Waals surface area contributed by atoms with Gasteiger partial charge >= 0.3 is 0 Å². The summed E-state index contributed by atoms with van der Waals surface area (Å²) < 4.78 is 32.2. The number of alkyl halides is 2. The van der Waals surface area contributed by atoms with Gasteiger partial charge in [0, 0.05) is 24.8 Å². The fourth-order valence-electron chi connectivity index (χ4n) is 2.79. The number of ether oxygens (including phenoxy) is 1. The van der Waals surface area contributed by atoms with E-state index in [1.54, 1.807) is 0 Å². The van der Waals surface area contributed by atoms with E-state index in [-0.39, 0.29) is 18.3 Å². The summed E-state index contributed by atoms with van der Waals surface area (Å²) in [5.41, 5.74) is -0.263. The zero-order chi connectivity index (χ0) is 12.6. The van der Waals surface area contributed by atoms with E-state index in [4.69, 9.17) is 4.74 Å². The normalized spacial score (nSPS) is 30.4. The van der Waals surface area contributed by atoms with Crippen LogP contribution in [0.25, 0.3) is 0 Å². The molecule has 1 aliphatic carbocycles. The van der Waals surface area contributed by atoms with Gasteiger partial charge in [0.25, 0.3) is 0 Å². The highest BCUT2D eigenvalue weighted by Crippen LogP contribution is 2.42. The maximum atomic E-state index is 13.1. The third-order valence-electron chi connectivity index (χ3n) is 4.73. The van der Waals surface area contributed by atoms with E-state index in [1.807, 2.05) is 0 Å². The van der Waals surface area contributed by atoms with Crippen molar-refractivity contribution in [2.75, 3.05) is 13.2 Å². The Labute approximate surface area is 102 Å². The molecule has 0 aromatic rings. The maximum absolute atomic E-state index is 13.1. The van der Waals surface area contributed by atoms with Crippen molar-refractivity contribution >= 4 is 0 Å². The van der Waals surface area contributed by atoms with Gasteiger partial charge in [-0.05, 0) is 25.7 Å². The molecular weight excluding hydrogens is 224 g/mol. The van der Waals surface area contributed by atoms with Crippen molar-refractivity contribution in [2.24, 2.45) is 5.41 Å². The van der Waals surface area contributed by atoms with E-state index >= 15 is 0 Å². The van der Waals surface area contributed by atoms with Gasteiger partial charge < -0.3 is 4.74 Å². The van der Waals surface area contributed by atoms with Crippen LogP contribution in [0.5, 0.6) is 0 Å². The average Bonchev–Trinajstić information content (AvgIpc) is 2.35. The lowest BCUT2D eigenvalue weighted by atomic mass is 9.79. The fraction of sp³-hybridized carbons (Fsp3) is 1.00. The first-order valence-electron chi connectivity index (χ1n) is 6.72. The van der Waals surface area contributed by atoms with E-state index in [2.05, 4.69) is 19.2 Å². The summed E-state index contributed by atoms with van der Waals surface area (Å²) in [5.74, 6) is -2.49. The smallest absolute Gasteiger partial charge is 0.248 e. The van der Waals surface area contributed by atoms with E-state index in [1.165, 1.54) is 0 Å². The molecule has 2 aliphatic rings. The zero-order valence-electron chi connectivity index (χ0n) is 10.8. The van der Waals surface area contributed by atoms with Crippen LogP contribution in [-0.2, 0) is 4.74 Å². The Morgan fingerprint density at radius 2 is 1.65 bits per heavy atom. The van der Waals surface area contributed by atoms with Crippen molar-refractivity contribution in [1.29, 1.82) is 0 Å². The Balaban J connectivity index is 1.95. The van der Waals surface area contributed by atoms with Gasteiger partial charge in [-0.15, -0.1) is 0 Å². The number of rotatable bonds is 2. The van der Waals surface area contributed by atoms with Crippen LogP contribution in [0.4, 0.5) is 8.78 Å². The first-order chi connectivity index (χ1) is 7.95. The molecular formula is C13H23F2NO. The summed E-state index contributed by atoms with van der Waals surface area (Å²) in [5, 5.41) is 3.41. The second-order valence-corrected chi connectivity index (χ2v) is 5.70. The molecule has 0 radical (unpaired) electrons. The lowest BCUT2D eigenvalue weighted by Gasteiger charge is -2.49. The molecule has 1 saturated heterocycles. The molecule has 1 N–H and O–H groups in total. The van der Waals surface area contributed by atoms with Crippen LogP contribution < -0.4 is 5.32 Å². The van der Waals surface area contributed by atoms with Crippen molar-refractivity contribution in [3.05, 3.63) is 0 Å². The molecule has 4 heteroatoms. The number of hydrogen-bond donors (Lipinski definition) is 1. The molecule has 2 fully saturated rings. The maximum Gasteiger partial charge on any atom is 0.248 e. The molecule has 2 nitrogen and oxygen atoms in total. The molecule has 0 atom stereocenters. The van der Waals surface area contributed by atoms with Gasteiger partial charge in [-0.2, -0.15) is 0 Å². The number of halogens is 2. The summed E-state index contributed by atoms with van der Waals surface area (Å²) in [6.07, 6.45) is 2.91. The van der Waals surface area contributed by atoms with Gasteiger partial charge in [0.15, 0.2) is 0 Å². The van der Waals surface area contributed by atoms with E-state index in [9.17, 15) is 8.78 Å². The van der Waals surface area contributed by atoms with Crippen LogP contribution in [0.1, 0.15) is 52.4 Å². The Morgan fingerprint density at radius 3 is 2.06 bits per heavy atom. The molecule has 17 heavy (non-hydrogen) atoms. The van der Waals surface area contributed by atoms with E-state index in [0.717, 1.165) is 19.4 Å². The first kappa shape index (κ1) is 13.2. The predicted octanol–water partition coefficient (Wildman–Crippen LogP) is 3.32. The highest BCUT2D eigenvalue weighted by atomic mass is 19.3. The Kier molecular flexibility index (Phi) is 3.47. The van der Waals surface area contributed by atoms with Crippen molar-refractivity contribution in [3.63, 3.8) is 0 Å². The second-order valence-electron chi connectivity index (χ2n) is 5.70. The van der Waals surface area contributed by atoms with Gasteiger partial charge in [0.05, 0.1) is 6.61 Å². The van der Waals surface area contributed by atoms with Crippen molar-refractivity contribution in [2.45, 2.75) is 64.0 Å². The van der Waals surface area contributed by atoms with Gasteiger partial charge in [0.2, 0.25) is 5.92 Å².